The molecular weight excluding hydrogens is 404 g/mol. The van der Waals surface area contributed by atoms with Gasteiger partial charge in [-0.25, -0.2) is 13.2 Å². The van der Waals surface area contributed by atoms with Crippen LogP contribution in [0.2, 0.25) is 5.02 Å². The standard InChI is InChI=1S/C19H17ClN2O5S/c20-13-6-7-16(17(21)10-13)19(24)27-11-18(23)22(14-4-2-1-3-5-14)15-8-9-28(25,26)12-15/h1-10,15H,11-12,21H2. The molecule has 0 spiro atoms. The summed E-state index contributed by atoms with van der Waals surface area (Å²) >= 11 is 5.81. The van der Waals surface area contributed by atoms with Gasteiger partial charge in [-0.15, -0.1) is 0 Å². The Balaban J connectivity index is 1.76. The summed E-state index contributed by atoms with van der Waals surface area (Å²) < 4.78 is 28.7. The van der Waals surface area contributed by atoms with Gasteiger partial charge in [-0.1, -0.05) is 29.8 Å². The van der Waals surface area contributed by atoms with E-state index < -0.39 is 34.4 Å². The minimum absolute atomic E-state index is 0.0896. The Morgan fingerprint density at radius 3 is 2.50 bits per heavy atom. The Bertz CT molecular complexity index is 1040. The van der Waals surface area contributed by atoms with Crippen molar-refractivity contribution in [3.63, 3.8) is 0 Å². The van der Waals surface area contributed by atoms with E-state index in [4.69, 9.17) is 22.1 Å². The van der Waals surface area contributed by atoms with E-state index in [-0.39, 0.29) is 17.0 Å². The molecule has 9 heteroatoms. The fourth-order valence-electron chi connectivity index (χ4n) is 2.82. The van der Waals surface area contributed by atoms with Crippen molar-refractivity contribution >= 4 is 44.7 Å². The number of halogens is 1. The maximum Gasteiger partial charge on any atom is 0.340 e. The van der Waals surface area contributed by atoms with Gasteiger partial charge in [-0.3, -0.25) is 4.79 Å². The van der Waals surface area contributed by atoms with Crippen LogP contribution in [0.3, 0.4) is 0 Å². The highest BCUT2D eigenvalue weighted by atomic mass is 35.5. The molecule has 1 unspecified atom stereocenters. The Morgan fingerprint density at radius 1 is 1.18 bits per heavy atom. The number of amides is 1. The van der Waals surface area contributed by atoms with Crippen molar-refractivity contribution in [2.75, 3.05) is 23.0 Å². The molecule has 2 N–H and O–H groups in total. The van der Waals surface area contributed by atoms with Crippen molar-refractivity contribution in [2.24, 2.45) is 0 Å². The highest BCUT2D eigenvalue weighted by molar-refractivity contribution is 7.94. The van der Waals surface area contributed by atoms with Gasteiger partial charge in [0.1, 0.15) is 0 Å². The molecule has 0 saturated heterocycles. The molecule has 1 heterocycles. The second kappa shape index (κ2) is 8.04. The third-order valence-corrected chi connectivity index (χ3v) is 5.72. The van der Waals surface area contributed by atoms with Gasteiger partial charge in [-0.2, -0.15) is 0 Å². The van der Waals surface area contributed by atoms with Gasteiger partial charge >= 0.3 is 5.97 Å². The van der Waals surface area contributed by atoms with E-state index in [0.29, 0.717) is 10.7 Å². The maximum absolute atomic E-state index is 12.8. The molecule has 0 aromatic heterocycles. The first-order valence-electron chi connectivity index (χ1n) is 8.27. The average molecular weight is 421 g/mol. The number of hydrogen-bond acceptors (Lipinski definition) is 6. The van der Waals surface area contributed by atoms with Gasteiger partial charge in [0.15, 0.2) is 16.4 Å². The highest BCUT2D eigenvalue weighted by Crippen LogP contribution is 2.23. The number of hydrogen-bond donors (Lipinski definition) is 1. The van der Waals surface area contributed by atoms with Crippen molar-refractivity contribution in [1.29, 1.82) is 0 Å². The monoisotopic (exact) mass is 420 g/mol. The number of nitrogen functional groups attached to an aromatic ring is 1. The molecule has 0 aliphatic carbocycles. The number of nitrogens with two attached hydrogens (primary N) is 1. The van der Waals surface area contributed by atoms with Gasteiger partial charge in [-0.05, 0) is 36.4 Å². The topological polar surface area (TPSA) is 107 Å². The van der Waals surface area contributed by atoms with Crippen molar-refractivity contribution in [2.45, 2.75) is 6.04 Å². The van der Waals surface area contributed by atoms with Crippen LogP contribution in [0.1, 0.15) is 10.4 Å². The number of para-hydroxylation sites is 1. The van der Waals surface area contributed by atoms with Crippen LogP contribution in [0.5, 0.6) is 0 Å². The fourth-order valence-corrected chi connectivity index (χ4v) is 4.27. The summed E-state index contributed by atoms with van der Waals surface area (Å²) in [6.45, 7) is -0.569. The van der Waals surface area contributed by atoms with E-state index >= 15 is 0 Å². The number of carbonyl (C=O) groups is 2. The SMILES string of the molecule is Nc1cc(Cl)ccc1C(=O)OCC(=O)N(c1ccccc1)C1C=CS(=O)(=O)C1. The second-order valence-electron chi connectivity index (χ2n) is 6.13. The summed E-state index contributed by atoms with van der Waals surface area (Å²) in [5, 5.41) is 1.45. The molecular formula is C19H17ClN2O5S. The molecule has 7 nitrogen and oxygen atoms in total. The first kappa shape index (κ1) is 19.9. The van der Waals surface area contributed by atoms with Gasteiger partial charge in [0.2, 0.25) is 0 Å². The molecule has 1 atom stereocenters. The van der Waals surface area contributed by atoms with Gasteiger partial charge in [0.05, 0.1) is 17.4 Å². The predicted octanol–water partition coefficient (Wildman–Crippen LogP) is 2.42. The van der Waals surface area contributed by atoms with Crippen LogP contribution in [0.25, 0.3) is 0 Å². The zero-order valence-corrected chi connectivity index (χ0v) is 16.2. The quantitative estimate of drug-likeness (QED) is 0.588. The molecule has 0 bridgehead atoms. The Kier molecular flexibility index (Phi) is 5.71. The van der Waals surface area contributed by atoms with Crippen molar-refractivity contribution in [3.05, 3.63) is 70.6 Å². The normalized spacial score (nSPS) is 17.2. The number of ether oxygens (including phenoxy) is 1. The molecule has 0 fully saturated rings. The molecule has 28 heavy (non-hydrogen) atoms. The fraction of sp³-hybridized carbons (Fsp3) is 0.158. The number of benzene rings is 2. The molecule has 3 rings (SSSR count). The maximum atomic E-state index is 12.8. The summed E-state index contributed by atoms with van der Waals surface area (Å²) in [4.78, 5) is 26.3. The number of carbonyl (C=O) groups excluding carboxylic acids is 2. The molecule has 2 aromatic rings. The van der Waals surface area contributed by atoms with Crippen LogP contribution in [0.15, 0.2) is 60.0 Å². The van der Waals surface area contributed by atoms with Crippen LogP contribution >= 0.6 is 11.6 Å². The Morgan fingerprint density at radius 2 is 1.89 bits per heavy atom. The molecule has 146 valence electrons. The number of sulfone groups is 1. The van der Waals surface area contributed by atoms with E-state index in [1.165, 1.54) is 29.2 Å². The van der Waals surface area contributed by atoms with E-state index in [1.807, 2.05) is 0 Å². The van der Waals surface area contributed by atoms with Gasteiger partial charge in [0.25, 0.3) is 5.91 Å². The van der Waals surface area contributed by atoms with E-state index in [2.05, 4.69) is 0 Å². The van der Waals surface area contributed by atoms with Crippen molar-refractivity contribution in [1.82, 2.24) is 0 Å². The lowest BCUT2D eigenvalue weighted by Crippen LogP contribution is -2.43. The van der Waals surface area contributed by atoms with Crippen LogP contribution < -0.4 is 10.6 Å². The van der Waals surface area contributed by atoms with Crippen LogP contribution in [0, 0.1) is 0 Å². The lowest BCUT2D eigenvalue weighted by Gasteiger charge is -2.27. The lowest BCUT2D eigenvalue weighted by molar-refractivity contribution is -0.121. The number of rotatable bonds is 5. The third kappa shape index (κ3) is 4.52. The number of esters is 1. The third-order valence-electron chi connectivity index (χ3n) is 4.11. The van der Waals surface area contributed by atoms with Crippen LogP contribution in [0.4, 0.5) is 11.4 Å². The minimum atomic E-state index is -3.38. The van der Waals surface area contributed by atoms with E-state index in [1.54, 1.807) is 30.3 Å². The Labute approximate surface area is 167 Å². The van der Waals surface area contributed by atoms with Crippen molar-refractivity contribution in [3.8, 4) is 0 Å². The first-order chi connectivity index (χ1) is 13.3. The number of anilines is 2. The van der Waals surface area contributed by atoms with Gasteiger partial charge in [0, 0.05) is 21.8 Å². The summed E-state index contributed by atoms with van der Waals surface area (Å²) in [7, 11) is -3.38. The molecule has 0 saturated carbocycles. The van der Waals surface area contributed by atoms with Crippen molar-refractivity contribution < 1.29 is 22.7 Å². The average Bonchev–Trinajstić information content (AvgIpc) is 3.00. The zero-order valence-electron chi connectivity index (χ0n) is 14.6. The van der Waals surface area contributed by atoms with E-state index in [9.17, 15) is 18.0 Å². The Hall–Kier alpha value is -2.84. The summed E-state index contributed by atoms with van der Waals surface area (Å²) in [5.74, 6) is -1.56. The lowest BCUT2D eigenvalue weighted by atomic mass is 10.2. The largest absolute Gasteiger partial charge is 0.452 e. The molecule has 1 aliphatic heterocycles. The number of nitrogens with zero attached hydrogens (tertiary/aromatic N) is 1. The highest BCUT2D eigenvalue weighted by Gasteiger charge is 2.32. The molecule has 2 aromatic carbocycles. The molecule has 1 amide bonds. The molecule has 1 aliphatic rings. The minimum Gasteiger partial charge on any atom is -0.452 e. The summed E-state index contributed by atoms with van der Waals surface area (Å²) in [5.41, 5.74) is 6.48. The van der Waals surface area contributed by atoms with E-state index in [0.717, 1.165) is 5.41 Å². The summed E-state index contributed by atoms with van der Waals surface area (Å²) in [6, 6.07) is 12.2. The van der Waals surface area contributed by atoms with Crippen LogP contribution in [-0.2, 0) is 19.4 Å². The first-order valence-corrected chi connectivity index (χ1v) is 10.4. The molecule has 0 radical (unpaired) electrons. The predicted molar refractivity (Wildman–Crippen MR) is 107 cm³/mol. The zero-order chi connectivity index (χ0) is 20.3. The van der Waals surface area contributed by atoms with Crippen LogP contribution in [-0.4, -0.2) is 38.7 Å². The summed E-state index contributed by atoms with van der Waals surface area (Å²) in [6.07, 6.45) is 1.44. The van der Waals surface area contributed by atoms with Gasteiger partial charge < -0.3 is 15.4 Å². The second-order valence-corrected chi connectivity index (χ2v) is 8.50. The smallest absolute Gasteiger partial charge is 0.340 e.